The highest BCUT2D eigenvalue weighted by Gasteiger charge is 2.56. The minimum Gasteiger partial charge on any atom is -0.466 e. The summed E-state index contributed by atoms with van der Waals surface area (Å²) in [5.41, 5.74) is 0. The first-order valence-electron chi connectivity index (χ1n) is 7.48. The maximum Gasteiger partial charge on any atom is 0.356 e. The van der Waals surface area contributed by atoms with Gasteiger partial charge in [-0.15, -0.1) is 11.8 Å². The number of aliphatic hydroxyl groups excluding tert-OH is 1. The van der Waals surface area contributed by atoms with Gasteiger partial charge in [-0.05, 0) is 19.3 Å². The fourth-order valence-electron chi connectivity index (χ4n) is 2.19. The molecule has 0 aliphatic carbocycles. The van der Waals surface area contributed by atoms with E-state index >= 15 is 0 Å². The molecule has 0 spiro atoms. The van der Waals surface area contributed by atoms with Crippen molar-refractivity contribution in [3.05, 3.63) is 12.0 Å². The number of carbonyl (C=O) groups is 4. The molecule has 1 heterocycles. The first-order chi connectivity index (χ1) is 11.8. The fourth-order valence-corrected chi connectivity index (χ4v) is 3.13. The lowest BCUT2D eigenvalue weighted by molar-refractivity contribution is -0.190. The second-order valence-electron chi connectivity index (χ2n) is 5.07. The monoisotopic (exact) mass is 375 g/mol. The number of amides is 1. The molecule has 0 aromatic carbocycles. The van der Waals surface area contributed by atoms with Gasteiger partial charge < -0.3 is 19.3 Å². The number of β-lactam (4-membered cyclic amide) rings is 1. The van der Waals surface area contributed by atoms with Gasteiger partial charge in [-0.25, -0.2) is 4.79 Å². The average molecular weight is 375 g/mol. The summed E-state index contributed by atoms with van der Waals surface area (Å²) in [4.78, 5) is 48.0. The Hall–Kier alpha value is -2.07. The summed E-state index contributed by atoms with van der Waals surface area (Å²) in [6.45, 7) is 6.85. The van der Waals surface area contributed by atoms with Crippen molar-refractivity contribution in [3.63, 3.8) is 0 Å². The summed E-state index contributed by atoms with van der Waals surface area (Å²) >= 11 is 0.980. The van der Waals surface area contributed by atoms with E-state index in [9.17, 15) is 24.3 Å². The number of ether oxygens (including phenoxy) is 3. The van der Waals surface area contributed by atoms with Crippen molar-refractivity contribution in [2.24, 2.45) is 5.92 Å². The van der Waals surface area contributed by atoms with Gasteiger partial charge >= 0.3 is 17.9 Å². The second kappa shape index (κ2) is 9.42. The molecule has 3 unspecified atom stereocenters. The van der Waals surface area contributed by atoms with E-state index in [-0.39, 0.29) is 13.0 Å². The number of aliphatic hydroxyl groups is 1. The molecule has 1 rings (SSSR count). The number of likely N-dealkylation sites (tertiary alicyclic amines) is 1. The van der Waals surface area contributed by atoms with Crippen LogP contribution >= 0.6 is 11.8 Å². The molecule has 1 amide bonds. The number of esters is 3. The number of carbonyl (C=O) groups excluding carboxylic acids is 4. The summed E-state index contributed by atoms with van der Waals surface area (Å²) in [5.74, 6) is -4.39. The van der Waals surface area contributed by atoms with E-state index in [2.05, 4.69) is 11.3 Å². The largest absolute Gasteiger partial charge is 0.466 e. The van der Waals surface area contributed by atoms with Gasteiger partial charge in [0.2, 0.25) is 12.1 Å². The molecular formula is C15H21NO8S. The normalized spacial score (nSPS) is 21.6. The van der Waals surface area contributed by atoms with Crippen LogP contribution in [0, 0.1) is 5.92 Å². The van der Waals surface area contributed by atoms with Crippen LogP contribution in [0.15, 0.2) is 12.0 Å². The Morgan fingerprint density at radius 3 is 2.60 bits per heavy atom. The number of methoxy groups -OCH3 is 1. The van der Waals surface area contributed by atoms with Crippen molar-refractivity contribution >= 4 is 35.6 Å². The molecule has 140 valence electrons. The molecule has 10 heteroatoms. The zero-order valence-electron chi connectivity index (χ0n) is 14.2. The maximum absolute atomic E-state index is 12.2. The van der Waals surface area contributed by atoms with Crippen molar-refractivity contribution in [1.29, 1.82) is 0 Å². The Labute approximate surface area is 149 Å². The van der Waals surface area contributed by atoms with Crippen LogP contribution < -0.4 is 0 Å². The first kappa shape index (κ1) is 21.0. The molecule has 1 aliphatic rings. The minimum absolute atomic E-state index is 0.145. The zero-order chi connectivity index (χ0) is 19.1. The molecule has 1 saturated heterocycles. The summed E-state index contributed by atoms with van der Waals surface area (Å²) in [5, 5.41) is 10.3. The van der Waals surface area contributed by atoms with Crippen LogP contribution in [0.25, 0.3) is 0 Å². The number of rotatable bonds is 9. The van der Waals surface area contributed by atoms with Crippen LogP contribution in [-0.4, -0.2) is 65.2 Å². The summed E-state index contributed by atoms with van der Waals surface area (Å²) in [6, 6.07) is 0. The van der Waals surface area contributed by atoms with Gasteiger partial charge in [-0.3, -0.25) is 19.3 Å². The molecule has 0 radical (unpaired) electrons. The number of thioether (sulfide) groups is 1. The van der Waals surface area contributed by atoms with E-state index < -0.39 is 47.4 Å². The number of nitrogens with zero attached hydrogens (tertiary/aromatic N) is 1. The molecule has 1 fully saturated rings. The highest BCUT2D eigenvalue weighted by Crippen LogP contribution is 2.38. The molecule has 9 nitrogen and oxygen atoms in total. The molecule has 0 aromatic heterocycles. The van der Waals surface area contributed by atoms with E-state index in [0.717, 1.165) is 23.8 Å². The topological polar surface area (TPSA) is 119 Å². The highest BCUT2D eigenvalue weighted by atomic mass is 32.2. The average Bonchev–Trinajstić information content (AvgIpc) is 2.53. The van der Waals surface area contributed by atoms with Crippen molar-refractivity contribution < 1.29 is 38.5 Å². The Kier molecular flexibility index (Phi) is 7.91. The lowest BCUT2D eigenvalue weighted by Crippen LogP contribution is -2.67. The summed E-state index contributed by atoms with van der Waals surface area (Å²) in [7, 11) is 1.06. The third-order valence-electron chi connectivity index (χ3n) is 3.32. The molecule has 0 bridgehead atoms. The molecule has 1 N–H and O–H groups in total. The molecule has 1 aliphatic heterocycles. The Morgan fingerprint density at radius 2 is 2.08 bits per heavy atom. The SMILES string of the molecule is C=CS[C@@H]1C(C(=O)OC(C)CC(=O)OCC)C(=O)N1C(O)C(=O)OC. The smallest absolute Gasteiger partial charge is 0.356 e. The Balaban J connectivity index is 2.74. The van der Waals surface area contributed by atoms with Gasteiger partial charge in [0.15, 0.2) is 5.92 Å². The lowest BCUT2D eigenvalue weighted by Gasteiger charge is -2.46. The first-order valence-corrected chi connectivity index (χ1v) is 8.43. The van der Waals surface area contributed by atoms with Gasteiger partial charge in [0.05, 0.1) is 20.1 Å². The fraction of sp³-hybridized carbons (Fsp3) is 0.600. The predicted octanol–water partition coefficient (Wildman–Crippen LogP) is 0.0239. The lowest BCUT2D eigenvalue weighted by atomic mass is 9.97. The molecule has 25 heavy (non-hydrogen) atoms. The van der Waals surface area contributed by atoms with E-state index in [1.165, 1.54) is 12.3 Å². The predicted molar refractivity (Wildman–Crippen MR) is 86.7 cm³/mol. The van der Waals surface area contributed by atoms with Crippen LogP contribution in [0.1, 0.15) is 20.3 Å². The van der Waals surface area contributed by atoms with Gasteiger partial charge in [-0.2, -0.15) is 0 Å². The van der Waals surface area contributed by atoms with E-state index in [1.807, 2.05) is 0 Å². The van der Waals surface area contributed by atoms with Crippen LogP contribution in [0.4, 0.5) is 0 Å². The Bertz CT molecular complexity index is 552. The van der Waals surface area contributed by atoms with Crippen molar-refractivity contribution in [3.8, 4) is 0 Å². The zero-order valence-corrected chi connectivity index (χ0v) is 15.0. The van der Waals surface area contributed by atoms with Gasteiger partial charge in [0, 0.05) is 0 Å². The van der Waals surface area contributed by atoms with E-state index in [4.69, 9.17) is 9.47 Å². The highest BCUT2D eigenvalue weighted by molar-refractivity contribution is 8.02. The van der Waals surface area contributed by atoms with Crippen molar-refractivity contribution in [2.45, 2.75) is 38.0 Å². The minimum atomic E-state index is -1.82. The molecule has 0 saturated carbocycles. The van der Waals surface area contributed by atoms with Crippen LogP contribution in [-0.2, 0) is 33.4 Å². The molecule has 0 aromatic rings. The van der Waals surface area contributed by atoms with Gasteiger partial charge in [0.25, 0.3) is 0 Å². The quantitative estimate of drug-likeness (QED) is 0.257. The van der Waals surface area contributed by atoms with Crippen LogP contribution in [0.2, 0.25) is 0 Å². The van der Waals surface area contributed by atoms with Crippen molar-refractivity contribution in [2.75, 3.05) is 13.7 Å². The van der Waals surface area contributed by atoms with Crippen molar-refractivity contribution in [1.82, 2.24) is 4.90 Å². The molecule has 4 atom stereocenters. The third-order valence-corrected chi connectivity index (χ3v) is 4.29. The third kappa shape index (κ3) is 4.95. The second-order valence-corrected chi connectivity index (χ2v) is 6.16. The molecular weight excluding hydrogens is 354 g/mol. The van der Waals surface area contributed by atoms with E-state index in [1.54, 1.807) is 6.92 Å². The standard InChI is InChI=1S/C15H21NO8S/c1-5-23-9(17)7-8(3)24-14(20)10-11(18)16(13(10)25-6-2)12(19)15(21)22-4/h6,8,10,12-13,19H,2,5,7H2,1,3-4H3/t8?,10?,12?,13-/m1/s1. The van der Waals surface area contributed by atoms with Crippen LogP contribution in [0.5, 0.6) is 0 Å². The Morgan fingerprint density at radius 1 is 1.44 bits per heavy atom. The maximum atomic E-state index is 12.2. The number of hydrogen-bond acceptors (Lipinski definition) is 9. The summed E-state index contributed by atoms with van der Waals surface area (Å²) in [6.07, 6.45) is -2.75. The van der Waals surface area contributed by atoms with E-state index in [0.29, 0.717) is 0 Å². The number of hydrogen-bond donors (Lipinski definition) is 1. The summed E-state index contributed by atoms with van der Waals surface area (Å²) < 4.78 is 14.2. The van der Waals surface area contributed by atoms with Gasteiger partial charge in [0.1, 0.15) is 11.5 Å². The van der Waals surface area contributed by atoms with Gasteiger partial charge in [-0.1, -0.05) is 6.58 Å². The van der Waals surface area contributed by atoms with Crippen LogP contribution in [0.3, 0.4) is 0 Å².